The minimum Gasteiger partial charge on any atom is -0.294 e. The number of thiophene rings is 1. The Morgan fingerprint density at radius 2 is 1.56 bits per heavy atom. The summed E-state index contributed by atoms with van der Waals surface area (Å²) in [5, 5.41) is 9.82. The van der Waals surface area contributed by atoms with Crippen LogP contribution in [0.3, 0.4) is 0 Å². The maximum Gasteiger partial charge on any atom is 0.198 e. The zero-order valence-electron chi connectivity index (χ0n) is 14.3. The van der Waals surface area contributed by atoms with Gasteiger partial charge in [-0.25, -0.2) is 5.01 Å². The highest BCUT2D eigenvalue weighted by atomic mass is 35.5. The summed E-state index contributed by atoms with van der Waals surface area (Å²) in [5.74, 6) is 0.272. The van der Waals surface area contributed by atoms with E-state index in [2.05, 4.69) is 5.10 Å². The molecule has 0 N–H and O–H groups in total. The third-order valence-corrected chi connectivity index (χ3v) is 5.63. The number of Topliss-reactive ketones (excluding diaryl/α,β-unsaturated/α-hetero) is 1. The first-order valence-electron chi connectivity index (χ1n) is 8.27. The molecule has 0 radical (unpaired) electrons. The third-order valence-electron chi connectivity index (χ3n) is 4.22. The summed E-state index contributed by atoms with van der Waals surface area (Å²) in [5.41, 5.74) is 1.70. The van der Waals surface area contributed by atoms with Gasteiger partial charge in [0.1, 0.15) is 0 Å². The Balaban J connectivity index is 1.87. The zero-order valence-corrected chi connectivity index (χ0v) is 16.7. The number of hydrazone groups is 1. The number of hydrogen-bond acceptors (Lipinski definition) is 5. The van der Waals surface area contributed by atoms with Crippen molar-refractivity contribution in [3.05, 3.63) is 81.0 Å². The number of benzene rings is 2. The van der Waals surface area contributed by atoms with E-state index in [1.807, 2.05) is 76.0 Å². The van der Waals surface area contributed by atoms with E-state index in [-0.39, 0.29) is 11.9 Å². The molecule has 27 heavy (non-hydrogen) atoms. The standard InChI is InChI=1S/C20H15Cl2N3OS/c1-13(26)19-23-25(17-10-6-15(22)7-11-17)20(18-3-2-12-27-18)24(19)16-8-4-14(21)5-9-16/h2-12,20H,1H3. The van der Waals surface area contributed by atoms with E-state index in [9.17, 15) is 4.79 Å². The average molecular weight is 416 g/mol. The molecule has 0 amide bonds. The van der Waals surface area contributed by atoms with Gasteiger partial charge in [0, 0.05) is 27.5 Å². The van der Waals surface area contributed by atoms with Crippen molar-refractivity contribution in [1.29, 1.82) is 0 Å². The van der Waals surface area contributed by atoms with E-state index in [0.717, 1.165) is 16.3 Å². The lowest BCUT2D eigenvalue weighted by atomic mass is 10.2. The van der Waals surface area contributed by atoms with Crippen LogP contribution in [0.5, 0.6) is 0 Å². The molecule has 1 aliphatic rings. The van der Waals surface area contributed by atoms with Gasteiger partial charge in [-0.1, -0.05) is 29.3 Å². The number of amidine groups is 1. The molecular formula is C20H15Cl2N3OS. The summed E-state index contributed by atoms with van der Waals surface area (Å²) in [6.45, 7) is 1.53. The molecule has 0 saturated carbocycles. The molecule has 1 unspecified atom stereocenters. The molecule has 1 aromatic heterocycles. The highest BCUT2D eigenvalue weighted by molar-refractivity contribution is 7.10. The van der Waals surface area contributed by atoms with Crippen molar-refractivity contribution in [3.8, 4) is 0 Å². The van der Waals surface area contributed by atoms with E-state index in [1.165, 1.54) is 6.92 Å². The molecular weight excluding hydrogens is 401 g/mol. The van der Waals surface area contributed by atoms with E-state index in [1.54, 1.807) is 11.3 Å². The Labute approximate surface area is 171 Å². The Morgan fingerprint density at radius 3 is 2.07 bits per heavy atom. The molecule has 3 aromatic rings. The first-order chi connectivity index (χ1) is 13.0. The molecule has 0 spiro atoms. The van der Waals surface area contributed by atoms with Crippen molar-refractivity contribution in [2.24, 2.45) is 5.10 Å². The smallest absolute Gasteiger partial charge is 0.198 e. The fourth-order valence-corrected chi connectivity index (χ4v) is 4.06. The lowest BCUT2D eigenvalue weighted by molar-refractivity contribution is -0.111. The second kappa shape index (κ2) is 7.35. The van der Waals surface area contributed by atoms with Gasteiger partial charge < -0.3 is 0 Å². The largest absolute Gasteiger partial charge is 0.294 e. The van der Waals surface area contributed by atoms with Crippen LogP contribution >= 0.6 is 34.5 Å². The molecule has 136 valence electrons. The SMILES string of the molecule is CC(=O)C1=NN(c2ccc(Cl)cc2)C(c2cccs2)N1c1ccc(Cl)cc1. The van der Waals surface area contributed by atoms with Gasteiger partial charge in [-0.15, -0.1) is 16.4 Å². The minimum atomic E-state index is -0.272. The molecule has 1 atom stereocenters. The summed E-state index contributed by atoms with van der Waals surface area (Å²) in [7, 11) is 0. The van der Waals surface area contributed by atoms with E-state index in [0.29, 0.717) is 15.9 Å². The van der Waals surface area contributed by atoms with Gasteiger partial charge in [0.15, 0.2) is 17.8 Å². The van der Waals surface area contributed by atoms with Gasteiger partial charge in [-0.2, -0.15) is 0 Å². The van der Waals surface area contributed by atoms with Crippen LogP contribution in [0.1, 0.15) is 18.0 Å². The first kappa shape index (κ1) is 18.0. The second-order valence-electron chi connectivity index (χ2n) is 6.04. The number of carbonyl (C=O) groups is 1. The molecule has 4 rings (SSSR count). The minimum absolute atomic E-state index is 0.108. The van der Waals surface area contributed by atoms with Crippen molar-refractivity contribution < 1.29 is 4.79 Å². The fourth-order valence-electron chi connectivity index (χ4n) is 3.01. The summed E-state index contributed by atoms with van der Waals surface area (Å²) in [6, 6.07) is 18.9. The van der Waals surface area contributed by atoms with E-state index >= 15 is 0 Å². The van der Waals surface area contributed by atoms with Gasteiger partial charge in [-0.05, 0) is 60.0 Å². The Kier molecular flexibility index (Phi) is 4.91. The van der Waals surface area contributed by atoms with Gasteiger partial charge in [0.05, 0.1) is 5.69 Å². The van der Waals surface area contributed by atoms with Crippen molar-refractivity contribution in [2.45, 2.75) is 13.1 Å². The summed E-state index contributed by atoms with van der Waals surface area (Å²) < 4.78 is 0. The lowest BCUT2D eigenvalue weighted by Crippen LogP contribution is -2.37. The number of halogens is 2. The Hall–Kier alpha value is -2.34. The lowest BCUT2D eigenvalue weighted by Gasteiger charge is -2.31. The third kappa shape index (κ3) is 3.46. The van der Waals surface area contributed by atoms with Gasteiger partial charge in [0.2, 0.25) is 0 Å². The molecule has 0 fully saturated rings. The van der Waals surface area contributed by atoms with Crippen molar-refractivity contribution >= 4 is 57.5 Å². The number of carbonyl (C=O) groups excluding carboxylic acids is 1. The molecule has 4 nitrogen and oxygen atoms in total. The van der Waals surface area contributed by atoms with E-state index < -0.39 is 0 Å². The number of rotatable bonds is 4. The number of ketones is 1. The van der Waals surface area contributed by atoms with Crippen LogP contribution in [0.2, 0.25) is 10.0 Å². The zero-order chi connectivity index (χ0) is 19.0. The molecule has 0 aliphatic carbocycles. The van der Waals surface area contributed by atoms with E-state index in [4.69, 9.17) is 23.2 Å². The van der Waals surface area contributed by atoms with Gasteiger partial charge >= 0.3 is 0 Å². The van der Waals surface area contributed by atoms with Crippen LogP contribution in [0.4, 0.5) is 11.4 Å². The average Bonchev–Trinajstić information content (AvgIpc) is 3.30. The van der Waals surface area contributed by atoms with Crippen molar-refractivity contribution in [3.63, 3.8) is 0 Å². The van der Waals surface area contributed by atoms with Crippen molar-refractivity contribution in [1.82, 2.24) is 0 Å². The van der Waals surface area contributed by atoms with Gasteiger partial charge in [-0.3, -0.25) is 9.69 Å². The normalized spacial score (nSPS) is 16.6. The highest BCUT2D eigenvalue weighted by Crippen LogP contribution is 2.40. The Morgan fingerprint density at radius 1 is 0.963 bits per heavy atom. The molecule has 2 aromatic carbocycles. The van der Waals surface area contributed by atoms with Crippen LogP contribution in [-0.4, -0.2) is 11.6 Å². The summed E-state index contributed by atoms with van der Waals surface area (Å²) >= 11 is 13.7. The monoisotopic (exact) mass is 415 g/mol. The quantitative estimate of drug-likeness (QED) is 0.525. The summed E-state index contributed by atoms with van der Waals surface area (Å²) in [6.07, 6.45) is -0.272. The predicted molar refractivity (Wildman–Crippen MR) is 113 cm³/mol. The fraction of sp³-hybridized carbons (Fsp3) is 0.100. The first-order valence-corrected chi connectivity index (χ1v) is 9.91. The molecule has 0 saturated heterocycles. The highest BCUT2D eigenvalue weighted by Gasteiger charge is 2.39. The van der Waals surface area contributed by atoms with Crippen LogP contribution in [0, 0.1) is 0 Å². The number of anilines is 2. The molecule has 1 aliphatic heterocycles. The topological polar surface area (TPSA) is 35.9 Å². The van der Waals surface area contributed by atoms with Gasteiger partial charge in [0.25, 0.3) is 0 Å². The Bertz CT molecular complexity index is 985. The van der Waals surface area contributed by atoms with Crippen LogP contribution in [0.25, 0.3) is 0 Å². The number of nitrogens with zero attached hydrogens (tertiary/aromatic N) is 3. The molecule has 2 heterocycles. The van der Waals surface area contributed by atoms with Crippen LogP contribution in [-0.2, 0) is 4.79 Å². The molecule has 0 bridgehead atoms. The summed E-state index contributed by atoms with van der Waals surface area (Å²) in [4.78, 5) is 15.4. The maximum absolute atomic E-state index is 12.4. The van der Waals surface area contributed by atoms with Crippen LogP contribution < -0.4 is 9.91 Å². The molecule has 7 heteroatoms. The van der Waals surface area contributed by atoms with Crippen molar-refractivity contribution in [2.75, 3.05) is 9.91 Å². The van der Waals surface area contributed by atoms with Crippen LogP contribution in [0.15, 0.2) is 71.1 Å². The second-order valence-corrected chi connectivity index (χ2v) is 7.89. The maximum atomic E-state index is 12.4. The number of hydrogen-bond donors (Lipinski definition) is 0. The predicted octanol–water partition coefficient (Wildman–Crippen LogP) is 5.98.